The third-order valence-electron chi connectivity index (χ3n) is 6.16. The van der Waals surface area contributed by atoms with E-state index >= 15 is 0 Å². The van der Waals surface area contributed by atoms with Crippen LogP contribution in [0.1, 0.15) is 37.1 Å². The first kappa shape index (κ1) is 24.8. The van der Waals surface area contributed by atoms with Crippen LogP contribution < -0.4 is 15.5 Å². The monoisotopic (exact) mass is 490 g/mol. The zero-order valence-electron chi connectivity index (χ0n) is 20.3. The molecule has 0 bridgehead atoms. The highest BCUT2D eigenvalue weighted by molar-refractivity contribution is 6.28. The Morgan fingerprint density at radius 2 is 2.11 bits per heavy atom. The van der Waals surface area contributed by atoms with E-state index in [0.29, 0.717) is 42.5 Å². The normalized spacial score (nSPS) is 17.9. The molecule has 1 aromatic carbocycles. The number of amidine groups is 1. The molecule has 4 N–H and O–H groups in total. The number of ether oxygens (including phenoxy) is 1. The van der Waals surface area contributed by atoms with Crippen LogP contribution >= 0.6 is 0 Å². The summed E-state index contributed by atoms with van der Waals surface area (Å²) < 4.78 is 7.81. The largest absolute Gasteiger partial charge is 0.487 e. The van der Waals surface area contributed by atoms with Crippen molar-refractivity contribution < 1.29 is 14.6 Å². The minimum Gasteiger partial charge on any atom is -0.487 e. The fourth-order valence-electron chi connectivity index (χ4n) is 4.15. The molecule has 0 radical (unpaired) electrons. The average molecular weight is 491 g/mol. The van der Waals surface area contributed by atoms with Crippen molar-refractivity contribution in [2.24, 2.45) is 18.1 Å². The first-order chi connectivity index (χ1) is 17.4. The van der Waals surface area contributed by atoms with Crippen LogP contribution in [0.5, 0.6) is 5.75 Å². The smallest absolute Gasteiger partial charge is 0.306 e. The first-order valence-electron chi connectivity index (χ1n) is 11.8. The Kier molecular flexibility index (Phi) is 7.89. The van der Waals surface area contributed by atoms with E-state index in [2.05, 4.69) is 30.9 Å². The quantitative estimate of drug-likeness (QED) is 0.202. The number of hydrogen-bond donors (Lipinski definition) is 4. The van der Waals surface area contributed by atoms with Gasteiger partial charge in [-0.2, -0.15) is 10.2 Å². The van der Waals surface area contributed by atoms with Crippen LogP contribution in [0, 0.1) is 18.3 Å². The molecule has 11 heteroatoms. The number of aryl methyl sites for hydroxylation is 2. The number of hydrazone groups is 1. The molecule has 1 aliphatic carbocycles. The summed E-state index contributed by atoms with van der Waals surface area (Å²) in [6.45, 7) is 2.21. The van der Waals surface area contributed by atoms with E-state index in [1.54, 1.807) is 17.1 Å². The van der Waals surface area contributed by atoms with Crippen molar-refractivity contribution in [1.29, 1.82) is 5.41 Å². The molecule has 4 rings (SSSR count). The van der Waals surface area contributed by atoms with Gasteiger partial charge in [-0.1, -0.05) is 18.2 Å². The predicted molar refractivity (Wildman–Crippen MR) is 136 cm³/mol. The Labute approximate surface area is 209 Å². The van der Waals surface area contributed by atoms with E-state index in [1.807, 2.05) is 44.3 Å². The number of para-hydroxylation sites is 1. The Bertz CT molecular complexity index is 1240. The molecule has 0 aliphatic heterocycles. The van der Waals surface area contributed by atoms with E-state index in [1.165, 1.54) is 0 Å². The third-order valence-corrected chi connectivity index (χ3v) is 6.16. The van der Waals surface area contributed by atoms with Gasteiger partial charge in [0.2, 0.25) is 0 Å². The second-order valence-corrected chi connectivity index (χ2v) is 8.69. The SMILES string of the molecule is Cc1nc(-c2cnn(C)c2CN/C(C=N)=N/Nc2ccccc2)ncc1O[C@H]1CCC[C@H](C(=O)O)C1. The number of carboxylic acids is 1. The zero-order chi connectivity index (χ0) is 25.5. The molecule has 0 amide bonds. The van der Waals surface area contributed by atoms with Crippen molar-refractivity contribution in [2.45, 2.75) is 45.3 Å². The fourth-order valence-corrected chi connectivity index (χ4v) is 4.15. The Morgan fingerprint density at radius 3 is 2.83 bits per heavy atom. The lowest BCUT2D eigenvalue weighted by Crippen LogP contribution is -2.29. The molecule has 11 nitrogen and oxygen atoms in total. The van der Waals surface area contributed by atoms with Crippen molar-refractivity contribution >= 4 is 23.7 Å². The standard InChI is InChI=1S/C25H30N8O3/c1-16-22(36-19-10-6-7-17(11-19)25(34)35)15-28-24(30-16)20-13-29-33(2)21(20)14-27-23(12-26)32-31-18-8-4-3-5-9-18/h3-5,8-9,12-13,15,17,19,26,31H,6-7,10-11,14H2,1-2H3,(H,27,32)(H,34,35)/t17-,19-/m0/s1. The number of carboxylic acid groups (broad SMARTS) is 1. The molecule has 2 aromatic heterocycles. The second kappa shape index (κ2) is 11.4. The topological polar surface area (TPSA) is 150 Å². The Morgan fingerprint density at radius 1 is 1.31 bits per heavy atom. The van der Waals surface area contributed by atoms with Gasteiger partial charge in [-0.15, -0.1) is 0 Å². The van der Waals surface area contributed by atoms with Crippen LogP contribution in [0.2, 0.25) is 0 Å². The number of hydrogen-bond acceptors (Lipinski definition) is 8. The van der Waals surface area contributed by atoms with Gasteiger partial charge in [-0.05, 0) is 44.7 Å². The molecule has 0 spiro atoms. The van der Waals surface area contributed by atoms with Crippen molar-refractivity contribution in [3.8, 4) is 17.1 Å². The van der Waals surface area contributed by atoms with Gasteiger partial charge in [0.1, 0.15) is 0 Å². The van der Waals surface area contributed by atoms with Crippen LogP contribution in [0.3, 0.4) is 0 Å². The summed E-state index contributed by atoms with van der Waals surface area (Å²) in [6, 6.07) is 9.49. The molecule has 2 heterocycles. The van der Waals surface area contributed by atoms with Crippen molar-refractivity contribution in [3.05, 3.63) is 54.1 Å². The summed E-state index contributed by atoms with van der Waals surface area (Å²) in [5, 5.41) is 28.7. The number of aliphatic carboxylic acids is 1. The third kappa shape index (κ3) is 6.04. The zero-order valence-corrected chi connectivity index (χ0v) is 20.3. The molecule has 0 saturated heterocycles. The van der Waals surface area contributed by atoms with Crippen LogP contribution in [0.4, 0.5) is 5.69 Å². The highest BCUT2D eigenvalue weighted by Crippen LogP contribution is 2.30. The van der Waals surface area contributed by atoms with Gasteiger partial charge in [0.25, 0.3) is 0 Å². The number of anilines is 1. The number of nitrogens with zero attached hydrogens (tertiary/aromatic N) is 5. The van der Waals surface area contributed by atoms with Crippen LogP contribution in [0.25, 0.3) is 11.4 Å². The van der Waals surface area contributed by atoms with Crippen LogP contribution in [-0.4, -0.2) is 49.0 Å². The predicted octanol–water partition coefficient (Wildman–Crippen LogP) is 3.37. The maximum atomic E-state index is 11.4. The molecule has 3 aromatic rings. The Balaban J connectivity index is 1.44. The molecular weight excluding hydrogens is 460 g/mol. The summed E-state index contributed by atoms with van der Waals surface area (Å²) in [4.78, 5) is 20.5. The minimum atomic E-state index is -0.767. The van der Waals surface area contributed by atoms with Crippen LogP contribution in [0.15, 0.2) is 47.8 Å². The van der Waals surface area contributed by atoms with Gasteiger partial charge in [0.15, 0.2) is 17.4 Å². The minimum absolute atomic E-state index is 0.158. The number of rotatable bonds is 9. The number of carbonyl (C=O) groups is 1. The van der Waals surface area contributed by atoms with E-state index < -0.39 is 5.97 Å². The molecule has 1 aliphatic rings. The maximum Gasteiger partial charge on any atom is 0.306 e. The highest BCUT2D eigenvalue weighted by Gasteiger charge is 2.28. The fraction of sp³-hybridized carbons (Fsp3) is 0.360. The number of nitrogens with one attached hydrogen (secondary N) is 3. The summed E-state index contributed by atoms with van der Waals surface area (Å²) in [5.41, 5.74) is 6.00. The van der Waals surface area contributed by atoms with Crippen LogP contribution in [-0.2, 0) is 18.4 Å². The Hall–Kier alpha value is -4.28. The van der Waals surface area contributed by atoms with E-state index in [9.17, 15) is 9.90 Å². The molecule has 1 fully saturated rings. The van der Waals surface area contributed by atoms with Gasteiger partial charge in [-0.25, -0.2) is 9.97 Å². The number of aromatic nitrogens is 4. The van der Waals surface area contributed by atoms with E-state index in [4.69, 9.17) is 10.1 Å². The van der Waals surface area contributed by atoms with Crippen molar-refractivity contribution in [1.82, 2.24) is 25.1 Å². The molecule has 36 heavy (non-hydrogen) atoms. The summed E-state index contributed by atoms with van der Waals surface area (Å²) in [7, 11) is 1.83. The lowest BCUT2D eigenvalue weighted by atomic mass is 9.87. The maximum absolute atomic E-state index is 11.4. The lowest BCUT2D eigenvalue weighted by molar-refractivity contribution is -0.143. The molecule has 188 valence electrons. The van der Waals surface area contributed by atoms with E-state index in [0.717, 1.165) is 36.0 Å². The first-order valence-corrected chi connectivity index (χ1v) is 11.8. The lowest BCUT2D eigenvalue weighted by Gasteiger charge is -2.27. The van der Waals surface area contributed by atoms with Crippen molar-refractivity contribution in [2.75, 3.05) is 5.43 Å². The second-order valence-electron chi connectivity index (χ2n) is 8.69. The summed E-state index contributed by atoms with van der Waals surface area (Å²) in [6.07, 6.45) is 7.15. The van der Waals surface area contributed by atoms with Gasteiger partial charge < -0.3 is 20.6 Å². The van der Waals surface area contributed by atoms with Gasteiger partial charge in [-0.3, -0.25) is 14.9 Å². The van der Waals surface area contributed by atoms with E-state index in [-0.39, 0.29) is 12.0 Å². The molecule has 1 saturated carbocycles. The van der Waals surface area contributed by atoms with Gasteiger partial charge in [0.05, 0.1) is 59.8 Å². The summed E-state index contributed by atoms with van der Waals surface area (Å²) >= 11 is 0. The highest BCUT2D eigenvalue weighted by atomic mass is 16.5. The molecule has 0 unspecified atom stereocenters. The van der Waals surface area contributed by atoms with Crippen molar-refractivity contribution in [3.63, 3.8) is 0 Å². The van der Waals surface area contributed by atoms with Gasteiger partial charge in [0, 0.05) is 7.05 Å². The van der Waals surface area contributed by atoms with Gasteiger partial charge >= 0.3 is 5.97 Å². The molecule has 2 atom stereocenters. The average Bonchev–Trinajstić information content (AvgIpc) is 3.26. The number of benzene rings is 1. The molecular formula is C25H30N8O3. The summed E-state index contributed by atoms with van der Waals surface area (Å²) in [5.74, 6) is 0.290.